The van der Waals surface area contributed by atoms with E-state index in [-0.39, 0.29) is 17.4 Å². The fourth-order valence-electron chi connectivity index (χ4n) is 2.93. The number of aromatic nitrogens is 2. The maximum atomic E-state index is 12.8. The zero-order valence-corrected chi connectivity index (χ0v) is 15.7. The molecule has 1 atom stereocenters. The van der Waals surface area contributed by atoms with Crippen LogP contribution < -0.4 is 10.9 Å². The van der Waals surface area contributed by atoms with Crippen molar-refractivity contribution in [2.24, 2.45) is 0 Å². The van der Waals surface area contributed by atoms with E-state index in [0.717, 1.165) is 16.8 Å². The fourth-order valence-corrected chi connectivity index (χ4v) is 2.93. The Balaban J connectivity index is 1.89. The van der Waals surface area contributed by atoms with Gasteiger partial charge in [0.15, 0.2) is 0 Å². The average Bonchev–Trinajstić information content (AvgIpc) is 2.68. The van der Waals surface area contributed by atoms with Gasteiger partial charge in [-0.1, -0.05) is 62.4 Å². The molecule has 0 aliphatic carbocycles. The maximum Gasteiger partial charge on any atom is 0.267 e. The third kappa shape index (κ3) is 4.14. The summed E-state index contributed by atoms with van der Waals surface area (Å²) in [5.41, 5.74) is 3.05. The smallest absolute Gasteiger partial charge is 0.267 e. The summed E-state index contributed by atoms with van der Waals surface area (Å²) in [6, 6.07) is 19.6. The monoisotopic (exact) mass is 361 g/mol. The summed E-state index contributed by atoms with van der Waals surface area (Å²) in [6.45, 7) is 5.82. The van der Waals surface area contributed by atoms with Crippen LogP contribution >= 0.6 is 0 Å². The number of para-hydroxylation sites is 1. The van der Waals surface area contributed by atoms with Crippen molar-refractivity contribution in [2.45, 2.75) is 32.7 Å². The van der Waals surface area contributed by atoms with Crippen molar-refractivity contribution < 1.29 is 4.79 Å². The number of benzene rings is 2. The molecule has 3 aromatic rings. The number of hydrogen-bond acceptors (Lipinski definition) is 3. The van der Waals surface area contributed by atoms with Gasteiger partial charge in [-0.25, -0.2) is 4.68 Å². The summed E-state index contributed by atoms with van der Waals surface area (Å²) >= 11 is 0. The van der Waals surface area contributed by atoms with E-state index in [2.05, 4.69) is 24.3 Å². The molecule has 0 aliphatic heterocycles. The highest BCUT2D eigenvalue weighted by Crippen LogP contribution is 2.24. The molecule has 0 bridgehead atoms. The van der Waals surface area contributed by atoms with E-state index >= 15 is 0 Å². The second-order valence-corrected chi connectivity index (χ2v) is 6.77. The summed E-state index contributed by atoms with van der Waals surface area (Å²) in [7, 11) is 0. The van der Waals surface area contributed by atoms with Gasteiger partial charge in [0, 0.05) is 17.3 Å². The Morgan fingerprint density at radius 3 is 2.30 bits per heavy atom. The van der Waals surface area contributed by atoms with Gasteiger partial charge in [-0.15, -0.1) is 0 Å². The van der Waals surface area contributed by atoms with Crippen LogP contribution in [0.3, 0.4) is 0 Å². The highest BCUT2D eigenvalue weighted by atomic mass is 16.2. The lowest BCUT2D eigenvalue weighted by Gasteiger charge is -2.18. The van der Waals surface area contributed by atoms with Crippen molar-refractivity contribution in [1.82, 2.24) is 9.78 Å². The average molecular weight is 361 g/mol. The molecule has 1 N–H and O–H groups in total. The molecule has 138 valence electrons. The van der Waals surface area contributed by atoms with Crippen LogP contribution in [0.4, 0.5) is 5.69 Å². The second-order valence-electron chi connectivity index (χ2n) is 6.77. The van der Waals surface area contributed by atoms with E-state index in [1.807, 2.05) is 54.6 Å². The quantitative estimate of drug-likeness (QED) is 0.739. The molecule has 27 heavy (non-hydrogen) atoms. The molecule has 1 aromatic heterocycles. The van der Waals surface area contributed by atoms with Crippen LogP contribution in [0.25, 0.3) is 11.3 Å². The molecule has 5 nitrogen and oxygen atoms in total. The molecule has 0 saturated carbocycles. The van der Waals surface area contributed by atoms with Crippen LogP contribution in [-0.2, 0) is 4.79 Å². The zero-order chi connectivity index (χ0) is 19.4. The Morgan fingerprint density at radius 1 is 0.926 bits per heavy atom. The number of anilines is 1. The third-order valence-electron chi connectivity index (χ3n) is 4.48. The lowest BCUT2D eigenvalue weighted by Crippen LogP contribution is -2.33. The highest BCUT2D eigenvalue weighted by Gasteiger charge is 2.19. The molecule has 0 saturated heterocycles. The largest absolute Gasteiger partial charge is 0.324 e. The van der Waals surface area contributed by atoms with Gasteiger partial charge in [0.2, 0.25) is 5.91 Å². The lowest BCUT2D eigenvalue weighted by molar-refractivity contribution is -0.119. The topological polar surface area (TPSA) is 64.0 Å². The minimum atomic E-state index is -0.735. The Bertz CT molecular complexity index is 994. The Hall–Kier alpha value is -3.21. The molecule has 2 aromatic carbocycles. The van der Waals surface area contributed by atoms with Gasteiger partial charge in [-0.2, -0.15) is 5.10 Å². The Kier molecular flexibility index (Phi) is 5.50. The zero-order valence-electron chi connectivity index (χ0n) is 15.7. The van der Waals surface area contributed by atoms with Crippen LogP contribution in [0.15, 0.2) is 71.5 Å². The lowest BCUT2D eigenvalue weighted by atomic mass is 10.0. The summed E-state index contributed by atoms with van der Waals surface area (Å²) < 4.78 is 1.23. The maximum absolute atomic E-state index is 12.8. The molecule has 0 aliphatic rings. The first kappa shape index (κ1) is 18.6. The van der Waals surface area contributed by atoms with Crippen LogP contribution in [0.1, 0.15) is 38.3 Å². The summed E-state index contributed by atoms with van der Waals surface area (Å²) in [4.78, 5) is 25.1. The van der Waals surface area contributed by atoms with Crippen molar-refractivity contribution in [2.75, 3.05) is 5.32 Å². The third-order valence-corrected chi connectivity index (χ3v) is 4.48. The number of rotatable bonds is 5. The minimum absolute atomic E-state index is 0.275. The predicted octanol–water partition coefficient (Wildman–Crippen LogP) is 4.23. The Labute approximate surface area is 158 Å². The van der Waals surface area contributed by atoms with E-state index in [4.69, 9.17) is 0 Å². The Morgan fingerprint density at radius 2 is 1.59 bits per heavy atom. The standard InChI is InChI=1S/C22H23N3O2/c1-15(2)18-11-7-8-12-20(18)23-22(27)16(3)25-21(26)14-13-19(24-25)17-9-5-4-6-10-17/h4-16H,1-3H3,(H,23,27). The summed E-state index contributed by atoms with van der Waals surface area (Å²) in [5.74, 6) is 0.00183. The summed E-state index contributed by atoms with van der Waals surface area (Å²) in [5, 5.41) is 7.34. The number of amides is 1. The SMILES string of the molecule is CC(C)c1ccccc1NC(=O)C(C)n1nc(-c2ccccc2)ccc1=O. The van der Waals surface area contributed by atoms with E-state index in [1.165, 1.54) is 10.7 Å². The molecule has 1 amide bonds. The highest BCUT2D eigenvalue weighted by molar-refractivity contribution is 5.94. The fraction of sp³-hybridized carbons (Fsp3) is 0.227. The molecule has 1 unspecified atom stereocenters. The van der Waals surface area contributed by atoms with Crippen molar-refractivity contribution in [3.63, 3.8) is 0 Å². The molecule has 0 fully saturated rings. The van der Waals surface area contributed by atoms with Crippen LogP contribution in [0, 0.1) is 0 Å². The van der Waals surface area contributed by atoms with Crippen molar-refractivity contribution in [3.05, 3.63) is 82.6 Å². The predicted molar refractivity (Wildman–Crippen MR) is 108 cm³/mol. The number of nitrogens with one attached hydrogen (secondary N) is 1. The van der Waals surface area contributed by atoms with Gasteiger partial charge in [-0.3, -0.25) is 9.59 Å². The first-order chi connectivity index (χ1) is 13.0. The molecule has 0 radical (unpaired) electrons. The van der Waals surface area contributed by atoms with Gasteiger partial charge >= 0.3 is 0 Å². The van der Waals surface area contributed by atoms with Crippen LogP contribution in [0.5, 0.6) is 0 Å². The van der Waals surface area contributed by atoms with Gasteiger partial charge in [0.25, 0.3) is 5.56 Å². The first-order valence-corrected chi connectivity index (χ1v) is 9.02. The molecule has 5 heteroatoms. The van der Waals surface area contributed by atoms with E-state index in [1.54, 1.807) is 13.0 Å². The van der Waals surface area contributed by atoms with Crippen molar-refractivity contribution >= 4 is 11.6 Å². The molecular weight excluding hydrogens is 338 g/mol. The second kappa shape index (κ2) is 7.99. The van der Waals surface area contributed by atoms with E-state index in [0.29, 0.717) is 5.69 Å². The van der Waals surface area contributed by atoms with Crippen LogP contribution in [0.2, 0.25) is 0 Å². The van der Waals surface area contributed by atoms with Crippen LogP contribution in [-0.4, -0.2) is 15.7 Å². The number of carbonyl (C=O) groups is 1. The summed E-state index contributed by atoms with van der Waals surface area (Å²) in [6.07, 6.45) is 0. The van der Waals surface area contributed by atoms with E-state index in [9.17, 15) is 9.59 Å². The first-order valence-electron chi connectivity index (χ1n) is 9.02. The number of hydrogen-bond donors (Lipinski definition) is 1. The van der Waals surface area contributed by atoms with Gasteiger partial charge in [-0.05, 0) is 30.5 Å². The molecule has 3 rings (SSSR count). The molecule has 0 spiro atoms. The minimum Gasteiger partial charge on any atom is -0.324 e. The number of carbonyl (C=O) groups excluding carboxylic acids is 1. The number of nitrogens with zero attached hydrogens (tertiary/aromatic N) is 2. The molecule has 1 heterocycles. The van der Waals surface area contributed by atoms with E-state index < -0.39 is 6.04 Å². The van der Waals surface area contributed by atoms with Gasteiger partial charge in [0.1, 0.15) is 6.04 Å². The van der Waals surface area contributed by atoms with Crippen molar-refractivity contribution in [1.29, 1.82) is 0 Å². The molecular formula is C22H23N3O2. The van der Waals surface area contributed by atoms with Gasteiger partial charge < -0.3 is 5.32 Å². The normalized spacial score (nSPS) is 12.0. The van der Waals surface area contributed by atoms with Crippen molar-refractivity contribution in [3.8, 4) is 11.3 Å². The van der Waals surface area contributed by atoms with Gasteiger partial charge in [0.05, 0.1) is 5.69 Å².